The summed E-state index contributed by atoms with van der Waals surface area (Å²) in [6.45, 7) is 8.36. The molecule has 0 radical (unpaired) electrons. The SMILES string of the molecule is C=CC1=C(SC)C(=O)N(c2ccc(N)cc2Cl)CC1.CC. The summed E-state index contributed by atoms with van der Waals surface area (Å²) in [6.07, 6.45) is 4.43. The smallest absolute Gasteiger partial charge is 0.265 e. The first-order valence-corrected chi connectivity index (χ1v) is 8.45. The molecule has 5 heteroatoms. The Labute approximate surface area is 135 Å². The number of amides is 1. The molecular formula is C16H21ClN2OS. The van der Waals surface area contributed by atoms with Gasteiger partial charge >= 0.3 is 0 Å². The van der Waals surface area contributed by atoms with Gasteiger partial charge in [0.25, 0.3) is 5.91 Å². The van der Waals surface area contributed by atoms with Crippen LogP contribution in [-0.4, -0.2) is 18.7 Å². The van der Waals surface area contributed by atoms with E-state index in [4.69, 9.17) is 17.3 Å². The maximum atomic E-state index is 12.5. The largest absolute Gasteiger partial charge is 0.399 e. The lowest BCUT2D eigenvalue weighted by Crippen LogP contribution is -2.36. The molecule has 0 saturated carbocycles. The fraction of sp³-hybridized carbons (Fsp3) is 0.312. The molecule has 1 aromatic carbocycles. The number of thioether (sulfide) groups is 1. The van der Waals surface area contributed by atoms with Crippen LogP contribution in [0, 0.1) is 0 Å². The van der Waals surface area contributed by atoms with Gasteiger partial charge in [-0.2, -0.15) is 0 Å². The van der Waals surface area contributed by atoms with E-state index in [9.17, 15) is 4.79 Å². The fourth-order valence-electron chi connectivity index (χ4n) is 2.09. The molecule has 2 rings (SSSR count). The number of anilines is 2. The van der Waals surface area contributed by atoms with Crippen LogP contribution in [-0.2, 0) is 4.79 Å². The number of carbonyl (C=O) groups is 1. The van der Waals surface area contributed by atoms with Gasteiger partial charge in [-0.1, -0.05) is 38.1 Å². The van der Waals surface area contributed by atoms with Crippen molar-refractivity contribution in [2.45, 2.75) is 20.3 Å². The standard InChI is InChI=1S/C14H15ClN2OS.C2H6/c1-3-9-6-7-17(14(18)13(9)19-2)12-5-4-10(16)8-11(12)15;1-2/h3-5,8H,1,6-7,16H2,2H3;1-2H3. The molecule has 0 unspecified atom stereocenters. The first-order chi connectivity index (χ1) is 10.1. The molecule has 0 atom stereocenters. The van der Waals surface area contributed by atoms with Crippen LogP contribution in [0.3, 0.4) is 0 Å². The Bertz CT molecular complexity index is 569. The van der Waals surface area contributed by atoms with Crippen molar-refractivity contribution in [2.24, 2.45) is 0 Å². The van der Waals surface area contributed by atoms with E-state index in [1.165, 1.54) is 11.8 Å². The quantitative estimate of drug-likeness (QED) is 0.833. The zero-order valence-corrected chi connectivity index (χ0v) is 14.2. The van der Waals surface area contributed by atoms with Crippen LogP contribution in [0.15, 0.2) is 41.3 Å². The lowest BCUT2D eigenvalue weighted by atomic mass is 10.1. The minimum Gasteiger partial charge on any atom is -0.399 e. The molecule has 0 bridgehead atoms. The van der Waals surface area contributed by atoms with Crippen molar-refractivity contribution in [3.63, 3.8) is 0 Å². The van der Waals surface area contributed by atoms with Gasteiger partial charge in [-0.3, -0.25) is 4.79 Å². The Morgan fingerprint density at radius 1 is 1.43 bits per heavy atom. The van der Waals surface area contributed by atoms with Crippen LogP contribution in [0.5, 0.6) is 0 Å². The van der Waals surface area contributed by atoms with Crippen LogP contribution < -0.4 is 10.6 Å². The molecule has 114 valence electrons. The number of rotatable bonds is 3. The zero-order valence-electron chi connectivity index (χ0n) is 12.6. The maximum absolute atomic E-state index is 12.5. The Hall–Kier alpha value is -1.39. The Kier molecular flexibility index (Phi) is 6.85. The number of nitrogen functional groups attached to an aromatic ring is 1. The van der Waals surface area contributed by atoms with Crippen LogP contribution in [0.1, 0.15) is 20.3 Å². The highest BCUT2D eigenvalue weighted by Crippen LogP contribution is 2.34. The molecule has 1 aliphatic rings. The molecule has 0 saturated heterocycles. The highest BCUT2D eigenvalue weighted by Gasteiger charge is 2.27. The van der Waals surface area contributed by atoms with Crippen LogP contribution in [0.2, 0.25) is 5.02 Å². The van der Waals surface area contributed by atoms with Crippen LogP contribution in [0.25, 0.3) is 0 Å². The van der Waals surface area contributed by atoms with E-state index in [1.54, 1.807) is 29.2 Å². The number of allylic oxidation sites excluding steroid dienone is 1. The second-order valence-electron chi connectivity index (χ2n) is 4.18. The third-order valence-corrected chi connectivity index (χ3v) is 4.20. The maximum Gasteiger partial charge on any atom is 0.265 e. The van der Waals surface area contributed by atoms with Crippen molar-refractivity contribution < 1.29 is 4.79 Å². The third kappa shape index (κ3) is 3.83. The molecule has 0 aromatic heterocycles. The molecule has 0 aliphatic carbocycles. The monoisotopic (exact) mass is 324 g/mol. The number of nitrogens with zero attached hydrogens (tertiary/aromatic N) is 1. The van der Waals surface area contributed by atoms with Gasteiger partial charge in [0, 0.05) is 12.2 Å². The number of benzene rings is 1. The highest BCUT2D eigenvalue weighted by molar-refractivity contribution is 8.03. The summed E-state index contributed by atoms with van der Waals surface area (Å²) in [5.74, 6) is -0.0275. The van der Waals surface area contributed by atoms with Crippen LogP contribution in [0.4, 0.5) is 11.4 Å². The topological polar surface area (TPSA) is 46.3 Å². The van der Waals surface area contributed by atoms with E-state index in [-0.39, 0.29) is 5.91 Å². The van der Waals surface area contributed by atoms with Gasteiger partial charge in [0.15, 0.2) is 0 Å². The van der Waals surface area contributed by atoms with E-state index >= 15 is 0 Å². The van der Waals surface area contributed by atoms with Crippen molar-refractivity contribution in [3.05, 3.63) is 46.4 Å². The molecule has 1 aliphatic heterocycles. The Morgan fingerprint density at radius 3 is 2.62 bits per heavy atom. The van der Waals surface area contributed by atoms with Crippen molar-refractivity contribution in [2.75, 3.05) is 23.4 Å². The van der Waals surface area contributed by atoms with Crippen molar-refractivity contribution in [1.29, 1.82) is 0 Å². The number of hydrogen-bond acceptors (Lipinski definition) is 3. The molecule has 21 heavy (non-hydrogen) atoms. The molecular weight excluding hydrogens is 304 g/mol. The van der Waals surface area contributed by atoms with E-state index in [1.807, 2.05) is 20.1 Å². The molecule has 2 N–H and O–H groups in total. The Balaban J connectivity index is 0.00000106. The molecule has 0 fully saturated rings. The number of carbonyl (C=O) groups excluding carboxylic acids is 1. The summed E-state index contributed by atoms with van der Waals surface area (Å²) in [5, 5.41) is 0.496. The van der Waals surface area contributed by atoms with Gasteiger partial charge < -0.3 is 10.6 Å². The number of nitrogens with two attached hydrogens (primary N) is 1. The summed E-state index contributed by atoms with van der Waals surface area (Å²) in [5.41, 5.74) is 7.97. The Morgan fingerprint density at radius 2 is 2.10 bits per heavy atom. The summed E-state index contributed by atoms with van der Waals surface area (Å²) >= 11 is 7.62. The summed E-state index contributed by atoms with van der Waals surface area (Å²) in [4.78, 5) is 14.9. The molecule has 1 aromatic rings. The minimum absolute atomic E-state index is 0.0275. The molecule has 1 amide bonds. The molecule has 1 heterocycles. The van der Waals surface area contributed by atoms with Gasteiger partial charge in [0.1, 0.15) is 0 Å². The van der Waals surface area contributed by atoms with Gasteiger partial charge in [-0.05, 0) is 36.4 Å². The lowest BCUT2D eigenvalue weighted by molar-refractivity contribution is -0.114. The van der Waals surface area contributed by atoms with Crippen molar-refractivity contribution >= 4 is 40.6 Å². The predicted octanol–water partition coefficient (Wildman–Crippen LogP) is 4.49. The van der Waals surface area contributed by atoms with Gasteiger partial charge in [0.05, 0.1) is 15.6 Å². The summed E-state index contributed by atoms with van der Waals surface area (Å²) < 4.78 is 0. The zero-order chi connectivity index (χ0) is 16.0. The van der Waals surface area contributed by atoms with E-state index in [0.717, 1.165) is 16.9 Å². The lowest BCUT2D eigenvalue weighted by Gasteiger charge is -2.29. The van der Waals surface area contributed by atoms with Crippen molar-refractivity contribution in [1.82, 2.24) is 0 Å². The second-order valence-corrected chi connectivity index (χ2v) is 5.40. The van der Waals surface area contributed by atoms with Gasteiger partial charge in [0.2, 0.25) is 0 Å². The average molecular weight is 325 g/mol. The summed E-state index contributed by atoms with van der Waals surface area (Å²) in [6, 6.07) is 5.20. The molecule has 0 spiro atoms. The first kappa shape index (κ1) is 17.7. The third-order valence-electron chi connectivity index (χ3n) is 3.05. The second kappa shape index (κ2) is 8.15. The minimum atomic E-state index is -0.0275. The average Bonchev–Trinajstić information content (AvgIpc) is 2.49. The van der Waals surface area contributed by atoms with E-state index in [2.05, 4.69) is 6.58 Å². The van der Waals surface area contributed by atoms with E-state index in [0.29, 0.717) is 22.9 Å². The highest BCUT2D eigenvalue weighted by atomic mass is 35.5. The van der Waals surface area contributed by atoms with Gasteiger partial charge in [-0.15, -0.1) is 11.8 Å². The predicted molar refractivity (Wildman–Crippen MR) is 94.9 cm³/mol. The summed E-state index contributed by atoms with van der Waals surface area (Å²) in [7, 11) is 0. The van der Waals surface area contributed by atoms with Gasteiger partial charge in [-0.25, -0.2) is 0 Å². The number of hydrogen-bond donors (Lipinski definition) is 1. The van der Waals surface area contributed by atoms with Crippen LogP contribution >= 0.6 is 23.4 Å². The number of halogens is 1. The fourth-order valence-corrected chi connectivity index (χ4v) is 3.12. The molecule has 3 nitrogen and oxygen atoms in total. The first-order valence-electron chi connectivity index (χ1n) is 6.85. The van der Waals surface area contributed by atoms with Crippen molar-refractivity contribution in [3.8, 4) is 0 Å². The van der Waals surface area contributed by atoms with E-state index < -0.39 is 0 Å². The normalized spacial score (nSPS) is 14.7.